The molecule has 0 heterocycles. The minimum Gasteiger partial charge on any atom is -0.396 e. The van der Waals surface area contributed by atoms with Crippen LogP contribution in [0.1, 0.15) is 25.7 Å². The molecule has 2 N–H and O–H groups in total. The molecule has 104 valence electrons. The molecule has 0 saturated carbocycles. The molecule has 0 aliphatic rings. The molecule has 0 spiro atoms. The number of hydrogen-bond acceptors (Lipinski definition) is 3. The van der Waals surface area contributed by atoms with E-state index in [4.69, 9.17) is 4.84 Å². The molecule has 1 atom stereocenters. The molecule has 1 amide bonds. The molecule has 4 heteroatoms. The van der Waals surface area contributed by atoms with Crippen molar-refractivity contribution in [1.29, 1.82) is 0 Å². The van der Waals surface area contributed by atoms with Crippen molar-refractivity contribution < 1.29 is 14.7 Å². The Bertz CT molecular complexity index is 378. The summed E-state index contributed by atoms with van der Waals surface area (Å²) in [6.45, 7) is 3.48. The molecular formula is C15H21NO3. The van der Waals surface area contributed by atoms with Gasteiger partial charge in [0.15, 0.2) is 5.75 Å². The number of amides is 1. The second-order valence-corrected chi connectivity index (χ2v) is 4.33. The third-order valence-electron chi connectivity index (χ3n) is 2.81. The number of carbonyl (C=O) groups is 1. The van der Waals surface area contributed by atoms with Gasteiger partial charge in [-0.05, 0) is 31.4 Å². The van der Waals surface area contributed by atoms with E-state index in [0.717, 1.165) is 19.3 Å². The summed E-state index contributed by atoms with van der Waals surface area (Å²) < 4.78 is 0. The summed E-state index contributed by atoms with van der Waals surface area (Å²) >= 11 is 0. The average molecular weight is 263 g/mol. The van der Waals surface area contributed by atoms with E-state index in [2.05, 4.69) is 12.1 Å². The molecule has 0 aromatic heterocycles. The van der Waals surface area contributed by atoms with Gasteiger partial charge in [-0.25, -0.2) is 0 Å². The fourth-order valence-electron chi connectivity index (χ4n) is 1.67. The Morgan fingerprint density at radius 3 is 2.74 bits per heavy atom. The first-order valence-corrected chi connectivity index (χ1v) is 6.51. The molecule has 1 rings (SSSR count). The Labute approximate surface area is 114 Å². The van der Waals surface area contributed by atoms with Gasteiger partial charge in [0.1, 0.15) is 0 Å². The lowest BCUT2D eigenvalue weighted by molar-refractivity contribution is -0.133. The lowest BCUT2D eigenvalue weighted by atomic mass is 10.0. The second-order valence-electron chi connectivity index (χ2n) is 4.33. The Morgan fingerprint density at radius 2 is 2.11 bits per heavy atom. The number of hydroxylamine groups is 1. The van der Waals surface area contributed by atoms with E-state index in [1.807, 2.05) is 24.3 Å². The van der Waals surface area contributed by atoms with E-state index < -0.39 is 5.92 Å². The van der Waals surface area contributed by atoms with E-state index in [0.29, 0.717) is 12.2 Å². The summed E-state index contributed by atoms with van der Waals surface area (Å²) in [7, 11) is 0. The maximum Gasteiger partial charge on any atom is 0.258 e. The third-order valence-corrected chi connectivity index (χ3v) is 2.81. The van der Waals surface area contributed by atoms with Crippen molar-refractivity contribution in [2.45, 2.75) is 25.7 Å². The van der Waals surface area contributed by atoms with Crippen LogP contribution in [-0.2, 0) is 4.79 Å². The van der Waals surface area contributed by atoms with Crippen LogP contribution in [0.15, 0.2) is 43.0 Å². The summed E-state index contributed by atoms with van der Waals surface area (Å²) in [4.78, 5) is 16.9. The first-order chi connectivity index (χ1) is 9.27. The van der Waals surface area contributed by atoms with Gasteiger partial charge in [0, 0.05) is 0 Å². The van der Waals surface area contributed by atoms with E-state index in [1.165, 1.54) is 0 Å². The highest BCUT2D eigenvalue weighted by atomic mass is 16.7. The zero-order valence-electron chi connectivity index (χ0n) is 11.0. The van der Waals surface area contributed by atoms with Crippen LogP contribution in [0.4, 0.5) is 0 Å². The molecule has 0 bridgehead atoms. The molecule has 1 aromatic carbocycles. The van der Waals surface area contributed by atoms with Crippen LogP contribution in [0.5, 0.6) is 5.75 Å². The molecule has 19 heavy (non-hydrogen) atoms. The summed E-state index contributed by atoms with van der Waals surface area (Å²) in [5.41, 5.74) is 2.37. The lowest BCUT2D eigenvalue weighted by Crippen LogP contribution is -2.35. The van der Waals surface area contributed by atoms with Crippen molar-refractivity contribution in [2.75, 3.05) is 6.61 Å². The summed E-state index contributed by atoms with van der Waals surface area (Å²) in [6, 6.07) is 9.00. The maximum absolute atomic E-state index is 11.8. The Morgan fingerprint density at radius 1 is 1.37 bits per heavy atom. The van der Waals surface area contributed by atoms with Crippen LogP contribution < -0.4 is 10.3 Å². The van der Waals surface area contributed by atoms with Crippen LogP contribution in [0.2, 0.25) is 0 Å². The molecular weight excluding hydrogens is 242 g/mol. The van der Waals surface area contributed by atoms with Crippen molar-refractivity contribution in [1.82, 2.24) is 5.48 Å². The first kappa shape index (κ1) is 15.2. The molecule has 0 saturated heterocycles. The highest BCUT2D eigenvalue weighted by molar-refractivity contribution is 5.77. The molecule has 0 unspecified atom stereocenters. The van der Waals surface area contributed by atoms with Gasteiger partial charge < -0.3 is 9.94 Å². The van der Waals surface area contributed by atoms with Crippen molar-refractivity contribution in [2.24, 2.45) is 5.92 Å². The number of rotatable bonds is 9. The Balaban J connectivity index is 2.30. The largest absolute Gasteiger partial charge is 0.396 e. The molecule has 0 aliphatic carbocycles. The smallest absolute Gasteiger partial charge is 0.258 e. The van der Waals surface area contributed by atoms with Crippen LogP contribution in [0, 0.1) is 5.92 Å². The van der Waals surface area contributed by atoms with E-state index in [9.17, 15) is 9.90 Å². The van der Waals surface area contributed by atoms with Crippen molar-refractivity contribution in [3.63, 3.8) is 0 Å². The number of hydrogen-bond donors (Lipinski definition) is 2. The molecule has 0 aliphatic heterocycles. The average Bonchev–Trinajstić information content (AvgIpc) is 2.46. The molecule has 0 radical (unpaired) electrons. The van der Waals surface area contributed by atoms with Gasteiger partial charge in [-0.15, -0.1) is 6.58 Å². The highest BCUT2D eigenvalue weighted by Crippen LogP contribution is 2.11. The monoisotopic (exact) mass is 263 g/mol. The minimum absolute atomic E-state index is 0.169. The van der Waals surface area contributed by atoms with Crippen molar-refractivity contribution >= 4 is 5.91 Å². The number of benzene rings is 1. The van der Waals surface area contributed by atoms with Gasteiger partial charge in [-0.3, -0.25) is 4.79 Å². The fraction of sp³-hybridized carbons (Fsp3) is 0.400. The van der Waals surface area contributed by atoms with Crippen molar-refractivity contribution in [3.05, 3.63) is 43.0 Å². The summed E-state index contributed by atoms with van der Waals surface area (Å²) in [6.07, 6.45) is 5.30. The zero-order valence-corrected chi connectivity index (χ0v) is 11.0. The van der Waals surface area contributed by atoms with Crippen molar-refractivity contribution in [3.8, 4) is 5.75 Å². The number of para-hydroxylation sites is 1. The third kappa shape index (κ3) is 6.06. The standard InChI is InChI=1S/C15H21NO3/c1-2-3-4-6-9-13(12-17)15(18)16-19-14-10-7-5-8-11-14/h2,5,7-8,10-11,13,17H,1,3-4,6,9,12H2,(H,16,18)/t13-/m1/s1. The highest BCUT2D eigenvalue weighted by Gasteiger charge is 2.17. The van der Waals surface area contributed by atoms with Gasteiger partial charge in [0.25, 0.3) is 5.91 Å². The van der Waals surface area contributed by atoms with Gasteiger partial charge in [-0.2, -0.15) is 5.48 Å². The van der Waals surface area contributed by atoms with Crippen LogP contribution in [-0.4, -0.2) is 17.6 Å². The number of unbranched alkanes of at least 4 members (excludes halogenated alkanes) is 2. The zero-order chi connectivity index (χ0) is 13.9. The van der Waals surface area contributed by atoms with Gasteiger partial charge in [0.05, 0.1) is 12.5 Å². The first-order valence-electron chi connectivity index (χ1n) is 6.51. The van der Waals surface area contributed by atoms with E-state index in [-0.39, 0.29) is 12.5 Å². The summed E-state index contributed by atoms with van der Waals surface area (Å²) in [5.74, 6) is -0.141. The number of allylic oxidation sites excluding steroid dienone is 1. The normalized spacial score (nSPS) is 11.6. The number of carbonyl (C=O) groups excluding carboxylic acids is 1. The van der Waals surface area contributed by atoms with Crippen LogP contribution in [0.3, 0.4) is 0 Å². The number of nitrogens with one attached hydrogen (secondary N) is 1. The van der Waals surface area contributed by atoms with Gasteiger partial charge in [-0.1, -0.05) is 30.7 Å². The topological polar surface area (TPSA) is 58.6 Å². The van der Waals surface area contributed by atoms with Gasteiger partial charge >= 0.3 is 0 Å². The SMILES string of the molecule is C=CCCCC[C@H](CO)C(=O)NOc1ccccc1. The molecule has 1 aromatic rings. The number of aliphatic hydroxyl groups is 1. The summed E-state index contributed by atoms with van der Waals surface area (Å²) in [5, 5.41) is 9.21. The minimum atomic E-state index is -0.423. The number of aliphatic hydroxyl groups excluding tert-OH is 1. The molecule has 4 nitrogen and oxygen atoms in total. The maximum atomic E-state index is 11.8. The molecule has 0 fully saturated rings. The van der Waals surface area contributed by atoms with E-state index in [1.54, 1.807) is 12.1 Å². The Hall–Kier alpha value is -1.81. The second kappa shape index (κ2) is 9.16. The van der Waals surface area contributed by atoms with Crippen LogP contribution >= 0.6 is 0 Å². The predicted molar refractivity (Wildman–Crippen MR) is 74.5 cm³/mol. The lowest BCUT2D eigenvalue weighted by Gasteiger charge is -2.14. The van der Waals surface area contributed by atoms with Crippen LogP contribution in [0.25, 0.3) is 0 Å². The van der Waals surface area contributed by atoms with E-state index >= 15 is 0 Å². The predicted octanol–water partition coefficient (Wildman–Crippen LogP) is 2.45. The Kier molecular flexibility index (Phi) is 7.35. The fourth-order valence-corrected chi connectivity index (χ4v) is 1.67. The van der Waals surface area contributed by atoms with Gasteiger partial charge in [0.2, 0.25) is 0 Å². The quantitative estimate of drug-likeness (QED) is 0.409.